The third-order valence-corrected chi connectivity index (χ3v) is 3.96. The van der Waals surface area contributed by atoms with Crippen molar-refractivity contribution in [2.24, 2.45) is 16.6 Å². The Balaban J connectivity index is 1.86. The summed E-state index contributed by atoms with van der Waals surface area (Å²) in [6.07, 6.45) is 11.6. The molecule has 0 unspecified atom stereocenters. The highest BCUT2D eigenvalue weighted by Crippen LogP contribution is 2.17. The Morgan fingerprint density at radius 2 is 2.10 bits per heavy atom. The van der Waals surface area contributed by atoms with Gasteiger partial charge in [0.15, 0.2) is 5.96 Å². The van der Waals surface area contributed by atoms with Crippen LogP contribution in [0.15, 0.2) is 17.4 Å². The molecule has 1 saturated carbocycles. The van der Waals surface area contributed by atoms with Crippen LogP contribution in [0.3, 0.4) is 0 Å². The van der Waals surface area contributed by atoms with Crippen LogP contribution >= 0.6 is 0 Å². The molecule has 2 rings (SSSR count). The van der Waals surface area contributed by atoms with Crippen LogP contribution in [0.4, 0.5) is 0 Å². The predicted molar refractivity (Wildman–Crippen MR) is 87.0 cm³/mol. The van der Waals surface area contributed by atoms with Crippen LogP contribution in [-0.4, -0.2) is 21.6 Å². The minimum absolute atomic E-state index is 0.492. The van der Waals surface area contributed by atoms with E-state index < -0.39 is 0 Å². The van der Waals surface area contributed by atoms with Gasteiger partial charge in [-0.2, -0.15) is 0 Å². The summed E-state index contributed by atoms with van der Waals surface area (Å²) >= 11 is 0. The van der Waals surface area contributed by atoms with E-state index in [0.717, 1.165) is 12.4 Å². The highest BCUT2D eigenvalue weighted by atomic mass is 15.1. The number of nitrogens with two attached hydrogens (primary N) is 1. The normalized spacial score (nSPS) is 18.0. The summed E-state index contributed by atoms with van der Waals surface area (Å²) in [5.74, 6) is 2.14. The van der Waals surface area contributed by atoms with Gasteiger partial charge in [0.1, 0.15) is 12.4 Å². The van der Waals surface area contributed by atoms with Crippen molar-refractivity contribution in [1.29, 1.82) is 0 Å². The van der Waals surface area contributed by atoms with Crippen LogP contribution in [0, 0.1) is 5.92 Å². The van der Waals surface area contributed by atoms with Gasteiger partial charge < -0.3 is 15.6 Å². The molecule has 0 bridgehead atoms. The molecule has 0 spiro atoms. The van der Waals surface area contributed by atoms with Gasteiger partial charge in [-0.15, -0.1) is 0 Å². The molecule has 1 aliphatic rings. The summed E-state index contributed by atoms with van der Waals surface area (Å²) in [5.41, 5.74) is 6.03. The van der Waals surface area contributed by atoms with Crippen molar-refractivity contribution in [2.75, 3.05) is 0 Å². The molecule has 3 N–H and O–H groups in total. The van der Waals surface area contributed by atoms with Crippen molar-refractivity contribution in [3.05, 3.63) is 18.2 Å². The van der Waals surface area contributed by atoms with Gasteiger partial charge in [-0.05, 0) is 18.8 Å². The number of aliphatic imine (C=N–C) groups is 1. The molecule has 1 aliphatic carbocycles. The van der Waals surface area contributed by atoms with Gasteiger partial charge in [0, 0.05) is 25.0 Å². The zero-order chi connectivity index (χ0) is 15.1. The van der Waals surface area contributed by atoms with E-state index in [1.807, 2.05) is 12.4 Å². The van der Waals surface area contributed by atoms with Crippen LogP contribution in [0.5, 0.6) is 0 Å². The lowest BCUT2D eigenvalue weighted by Gasteiger charge is -2.16. The standard InChI is InChI=1S/C16H29N5/c1-13(2)12-21-10-9-18-15(21)11-19-16(17)20-14-7-5-3-4-6-8-14/h9-10,13-14H,3-8,11-12H2,1-2H3,(H3,17,19,20). The maximum atomic E-state index is 6.03. The molecular weight excluding hydrogens is 262 g/mol. The number of aromatic nitrogens is 2. The van der Waals surface area contributed by atoms with Crippen molar-refractivity contribution in [1.82, 2.24) is 14.9 Å². The first kappa shape index (κ1) is 15.9. The fraction of sp³-hybridized carbons (Fsp3) is 0.750. The number of imidazole rings is 1. The second kappa shape index (κ2) is 8.05. The van der Waals surface area contributed by atoms with E-state index in [9.17, 15) is 0 Å². The average Bonchev–Trinajstić information content (AvgIpc) is 2.70. The molecule has 5 heteroatoms. The van der Waals surface area contributed by atoms with Crippen LogP contribution in [0.2, 0.25) is 0 Å². The summed E-state index contributed by atoms with van der Waals surface area (Å²) in [7, 11) is 0. The van der Waals surface area contributed by atoms with E-state index in [1.54, 1.807) is 0 Å². The zero-order valence-electron chi connectivity index (χ0n) is 13.4. The number of guanidine groups is 1. The molecule has 0 amide bonds. The van der Waals surface area contributed by atoms with Crippen LogP contribution in [0.1, 0.15) is 58.2 Å². The molecular formula is C16H29N5. The largest absolute Gasteiger partial charge is 0.370 e. The van der Waals surface area contributed by atoms with Crippen LogP contribution in [0.25, 0.3) is 0 Å². The first-order valence-electron chi connectivity index (χ1n) is 8.21. The number of hydrogen-bond acceptors (Lipinski definition) is 2. The van der Waals surface area contributed by atoms with Crippen molar-refractivity contribution in [3.8, 4) is 0 Å². The predicted octanol–water partition coefficient (Wildman–Crippen LogP) is 2.67. The fourth-order valence-corrected chi connectivity index (χ4v) is 2.89. The maximum Gasteiger partial charge on any atom is 0.189 e. The molecule has 1 heterocycles. The minimum atomic E-state index is 0.492. The van der Waals surface area contributed by atoms with Gasteiger partial charge in [0.25, 0.3) is 0 Å². The van der Waals surface area contributed by atoms with Gasteiger partial charge in [-0.1, -0.05) is 39.5 Å². The number of nitrogens with zero attached hydrogens (tertiary/aromatic N) is 3. The summed E-state index contributed by atoms with van der Waals surface area (Å²) in [6.45, 7) is 5.93. The van der Waals surface area contributed by atoms with Crippen LogP contribution < -0.4 is 11.1 Å². The van der Waals surface area contributed by atoms with Gasteiger partial charge in [0.05, 0.1) is 0 Å². The highest BCUT2D eigenvalue weighted by Gasteiger charge is 2.12. The van der Waals surface area contributed by atoms with Crippen molar-refractivity contribution < 1.29 is 0 Å². The summed E-state index contributed by atoms with van der Waals surface area (Å²) in [4.78, 5) is 8.83. The first-order valence-corrected chi connectivity index (χ1v) is 8.21. The molecule has 1 aromatic rings. The van der Waals surface area contributed by atoms with E-state index in [-0.39, 0.29) is 0 Å². The van der Waals surface area contributed by atoms with Gasteiger partial charge in [0.2, 0.25) is 0 Å². The molecule has 118 valence electrons. The van der Waals surface area contributed by atoms with Gasteiger partial charge >= 0.3 is 0 Å². The third-order valence-electron chi connectivity index (χ3n) is 3.96. The Kier molecular flexibility index (Phi) is 6.08. The van der Waals surface area contributed by atoms with Crippen molar-refractivity contribution in [2.45, 2.75) is 71.5 Å². The Labute approximate surface area is 128 Å². The fourth-order valence-electron chi connectivity index (χ4n) is 2.89. The summed E-state index contributed by atoms with van der Waals surface area (Å²) < 4.78 is 2.16. The van der Waals surface area contributed by atoms with E-state index in [4.69, 9.17) is 5.73 Å². The molecule has 5 nitrogen and oxygen atoms in total. The lowest BCUT2D eigenvalue weighted by atomic mass is 10.1. The van der Waals surface area contributed by atoms with Crippen LogP contribution in [-0.2, 0) is 13.1 Å². The summed E-state index contributed by atoms with van der Waals surface area (Å²) in [5, 5.41) is 3.37. The monoisotopic (exact) mass is 291 g/mol. The smallest absolute Gasteiger partial charge is 0.189 e. The first-order chi connectivity index (χ1) is 10.1. The Morgan fingerprint density at radius 3 is 2.76 bits per heavy atom. The second-order valence-corrected chi connectivity index (χ2v) is 6.42. The van der Waals surface area contributed by atoms with E-state index >= 15 is 0 Å². The minimum Gasteiger partial charge on any atom is -0.370 e. The van der Waals surface area contributed by atoms with E-state index in [1.165, 1.54) is 38.5 Å². The lowest BCUT2D eigenvalue weighted by Crippen LogP contribution is -2.39. The quantitative estimate of drug-likeness (QED) is 0.498. The molecule has 1 aromatic heterocycles. The number of hydrogen-bond donors (Lipinski definition) is 2. The SMILES string of the molecule is CC(C)Cn1ccnc1CN=C(N)NC1CCCCCC1. The maximum absolute atomic E-state index is 6.03. The topological polar surface area (TPSA) is 68.2 Å². The van der Waals surface area contributed by atoms with Crippen molar-refractivity contribution in [3.63, 3.8) is 0 Å². The molecule has 0 atom stereocenters. The lowest BCUT2D eigenvalue weighted by molar-refractivity contribution is 0.506. The van der Waals surface area contributed by atoms with E-state index in [0.29, 0.717) is 24.5 Å². The number of rotatable bonds is 5. The Morgan fingerprint density at radius 1 is 1.38 bits per heavy atom. The third kappa shape index (κ3) is 5.40. The van der Waals surface area contributed by atoms with E-state index in [2.05, 4.69) is 33.7 Å². The zero-order valence-corrected chi connectivity index (χ0v) is 13.4. The second-order valence-electron chi connectivity index (χ2n) is 6.42. The molecule has 0 aromatic carbocycles. The van der Waals surface area contributed by atoms with Gasteiger partial charge in [-0.25, -0.2) is 9.98 Å². The molecule has 0 aliphatic heterocycles. The van der Waals surface area contributed by atoms with Gasteiger partial charge in [-0.3, -0.25) is 0 Å². The molecule has 0 saturated heterocycles. The average molecular weight is 291 g/mol. The number of nitrogens with one attached hydrogen (secondary N) is 1. The Bertz CT molecular complexity index is 441. The molecule has 0 radical (unpaired) electrons. The molecule has 1 fully saturated rings. The van der Waals surface area contributed by atoms with Crippen molar-refractivity contribution >= 4 is 5.96 Å². The Hall–Kier alpha value is -1.52. The molecule has 21 heavy (non-hydrogen) atoms. The highest BCUT2D eigenvalue weighted by molar-refractivity contribution is 5.78. The summed E-state index contributed by atoms with van der Waals surface area (Å²) in [6, 6.07) is 0.492.